The first-order chi connectivity index (χ1) is 16.9. The smallest absolute Gasteiger partial charge is 0.317 e. The Morgan fingerprint density at radius 1 is 1.29 bits per heavy atom. The third-order valence-electron chi connectivity index (χ3n) is 7.17. The number of hydrogen-bond acceptors (Lipinski definition) is 5. The largest absolute Gasteiger partial charge is 0.385 e. The van der Waals surface area contributed by atoms with E-state index in [0.717, 1.165) is 55.1 Å². The zero-order chi connectivity index (χ0) is 25.3. The van der Waals surface area contributed by atoms with Gasteiger partial charge in [-0.05, 0) is 57.6 Å². The van der Waals surface area contributed by atoms with Crippen LogP contribution in [-0.4, -0.2) is 67.5 Å². The number of aromatic nitrogens is 1. The number of fused-ring (bicyclic) bond motifs is 1. The standard InChI is InChI=1S/C28H44N4O3/c1-21(2)18-24(19-29-3)31-27(33)32-16-9-12-23(20-32)28(34,14-5-6-17-35-4)25-13-7-10-22-11-8-15-30-26(22)25/h7-8,10-11,13,15,21,23-24,29,34H,5-6,9,12,14,16-20H2,1-4H3,(H,31,33)/t23-,24+,28+/m1/s1. The quantitative estimate of drug-likeness (QED) is 0.391. The number of ether oxygens (including phenoxy) is 1. The molecule has 2 amide bonds. The van der Waals surface area contributed by atoms with E-state index >= 15 is 0 Å². The van der Waals surface area contributed by atoms with Crippen molar-refractivity contribution in [2.45, 2.75) is 64.0 Å². The summed E-state index contributed by atoms with van der Waals surface area (Å²) >= 11 is 0. The molecule has 1 aromatic heterocycles. The van der Waals surface area contributed by atoms with Crippen LogP contribution in [0.15, 0.2) is 36.5 Å². The zero-order valence-electron chi connectivity index (χ0n) is 21.9. The van der Waals surface area contributed by atoms with E-state index in [1.54, 1.807) is 13.3 Å². The molecule has 2 heterocycles. The van der Waals surface area contributed by atoms with E-state index in [4.69, 9.17) is 4.74 Å². The van der Waals surface area contributed by atoms with Gasteiger partial charge in [-0.25, -0.2) is 4.79 Å². The number of methoxy groups -OCH3 is 1. The van der Waals surface area contributed by atoms with Gasteiger partial charge in [0.25, 0.3) is 0 Å². The molecule has 0 unspecified atom stereocenters. The van der Waals surface area contributed by atoms with Crippen molar-refractivity contribution in [2.75, 3.05) is 40.4 Å². The van der Waals surface area contributed by atoms with Crippen molar-refractivity contribution >= 4 is 16.9 Å². The normalized spacial score (nSPS) is 19.0. The van der Waals surface area contributed by atoms with Gasteiger partial charge < -0.3 is 25.4 Å². The minimum atomic E-state index is -1.07. The average Bonchev–Trinajstić information content (AvgIpc) is 2.86. The lowest BCUT2D eigenvalue weighted by Crippen LogP contribution is -2.54. The molecule has 1 saturated heterocycles. The average molecular weight is 485 g/mol. The molecule has 7 heteroatoms. The van der Waals surface area contributed by atoms with Gasteiger partial charge in [-0.15, -0.1) is 0 Å². The molecule has 1 aromatic carbocycles. The molecule has 3 N–H and O–H groups in total. The number of pyridine rings is 1. The van der Waals surface area contributed by atoms with Gasteiger partial charge in [0, 0.05) is 62.5 Å². The van der Waals surface area contributed by atoms with Crippen LogP contribution in [0.1, 0.15) is 57.9 Å². The number of rotatable bonds is 12. The third kappa shape index (κ3) is 7.15. The lowest BCUT2D eigenvalue weighted by Gasteiger charge is -2.43. The van der Waals surface area contributed by atoms with Gasteiger partial charge in [-0.3, -0.25) is 4.98 Å². The molecule has 0 aliphatic carbocycles. The van der Waals surface area contributed by atoms with Gasteiger partial charge in [0.15, 0.2) is 0 Å². The van der Waals surface area contributed by atoms with Crippen molar-refractivity contribution < 1.29 is 14.6 Å². The molecule has 0 bridgehead atoms. The van der Waals surface area contributed by atoms with E-state index in [2.05, 4.69) is 29.5 Å². The van der Waals surface area contributed by atoms with Gasteiger partial charge >= 0.3 is 6.03 Å². The molecule has 1 fully saturated rings. The number of nitrogens with zero attached hydrogens (tertiary/aromatic N) is 2. The van der Waals surface area contributed by atoms with E-state index in [-0.39, 0.29) is 18.0 Å². The number of para-hydroxylation sites is 1. The van der Waals surface area contributed by atoms with Gasteiger partial charge in [0.05, 0.1) is 11.1 Å². The summed E-state index contributed by atoms with van der Waals surface area (Å²) < 4.78 is 5.25. The van der Waals surface area contributed by atoms with E-state index in [1.165, 1.54) is 0 Å². The lowest BCUT2D eigenvalue weighted by molar-refractivity contribution is -0.0553. The minimum absolute atomic E-state index is 0.0339. The van der Waals surface area contributed by atoms with E-state index < -0.39 is 5.60 Å². The van der Waals surface area contributed by atoms with Gasteiger partial charge in [-0.1, -0.05) is 38.1 Å². The van der Waals surface area contributed by atoms with Crippen molar-refractivity contribution in [3.8, 4) is 0 Å². The van der Waals surface area contributed by atoms with Gasteiger partial charge in [-0.2, -0.15) is 0 Å². The molecule has 1 aliphatic rings. The number of nitrogens with one attached hydrogen (secondary N) is 2. The molecule has 1 aliphatic heterocycles. The maximum atomic E-state index is 13.3. The van der Waals surface area contributed by atoms with E-state index in [9.17, 15) is 9.90 Å². The number of aliphatic hydroxyl groups is 1. The fraction of sp³-hybridized carbons (Fsp3) is 0.643. The molecule has 0 saturated carbocycles. The number of hydrogen-bond donors (Lipinski definition) is 3. The second-order valence-electron chi connectivity index (χ2n) is 10.4. The van der Waals surface area contributed by atoms with Crippen molar-refractivity contribution in [3.05, 3.63) is 42.1 Å². The number of likely N-dealkylation sites (N-methyl/N-ethyl adjacent to an activating group) is 1. The fourth-order valence-electron chi connectivity index (χ4n) is 5.48. The number of benzene rings is 1. The third-order valence-corrected chi connectivity index (χ3v) is 7.17. The summed E-state index contributed by atoms with van der Waals surface area (Å²) in [5.41, 5.74) is 0.646. The second-order valence-corrected chi connectivity index (χ2v) is 10.4. The number of urea groups is 1. The highest BCUT2D eigenvalue weighted by Gasteiger charge is 2.42. The first-order valence-electron chi connectivity index (χ1n) is 13.1. The summed E-state index contributed by atoms with van der Waals surface area (Å²) in [6.45, 7) is 7.01. The molecular weight excluding hydrogens is 440 g/mol. The lowest BCUT2D eigenvalue weighted by atomic mass is 9.73. The molecule has 0 radical (unpaired) electrons. The maximum absolute atomic E-state index is 13.3. The highest BCUT2D eigenvalue weighted by atomic mass is 16.5. The summed E-state index contributed by atoms with van der Waals surface area (Å²) in [6, 6.07) is 10.1. The Balaban J connectivity index is 1.84. The van der Waals surface area contributed by atoms with Crippen LogP contribution >= 0.6 is 0 Å². The highest BCUT2D eigenvalue weighted by Crippen LogP contribution is 2.42. The predicted molar refractivity (Wildman–Crippen MR) is 141 cm³/mol. The van der Waals surface area contributed by atoms with Crippen molar-refractivity contribution in [2.24, 2.45) is 11.8 Å². The van der Waals surface area contributed by atoms with Crippen LogP contribution in [0.2, 0.25) is 0 Å². The number of carbonyl (C=O) groups is 1. The summed E-state index contributed by atoms with van der Waals surface area (Å²) in [6.07, 6.45) is 6.80. The molecule has 0 spiro atoms. The number of amides is 2. The predicted octanol–water partition coefficient (Wildman–Crippen LogP) is 4.29. The summed E-state index contributed by atoms with van der Waals surface area (Å²) in [4.78, 5) is 19.8. The Labute approximate surface area is 210 Å². The Bertz CT molecular complexity index is 932. The number of carbonyl (C=O) groups excluding carboxylic acids is 1. The highest BCUT2D eigenvalue weighted by molar-refractivity contribution is 5.82. The minimum Gasteiger partial charge on any atom is -0.385 e. The van der Waals surface area contributed by atoms with Crippen LogP contribution in [-0.2, 0) is 10.3 Å². The van der Waals surface area contributed by atoms with Crippen LogP contribution in [0.25, 0.3) is 10.9 Å². The Morgan fingerprint density at radius 2 is 2.09 bits per heavy atom. The maximum Gasteiger partial charge on any atom is 0.317 e. The number of piperidine rings is 1. The van der Waals surface area contributed by atoms with Crippen LogP contribution in [0.5, 0.6) is 0 Å². The molecule has 3 atom stereocenters. The van der Waals surface area contributed by atoms with Crippen LogP contribution < -0.4 is 10.6 Å². The summed E-state index contributed by atoms with van der Waals surface area (Å²) in [5.74, 6) is 0.434. The summed E-state index contributed by atoms with van der Waals surface area (Å²) in [7, 11) is 3.62. The van der Waals surface area contributed by atoms with E-state index in [0.29, 0.717) is 32.0 Å². The van der Waals surface area contributed by atoms with Crippen LogP contribution in [0.3, 0.4) is 0 Å². The zero-order valence-corrected chi connectivity index (χ0v) is 21.9. The molecule has 2 aromatic rings. The van der Waals surface area contributed by atoms with Crippen molar-refractivity contribution in [1.29, 1.82) is 0 Å². The first-order valence-corrected chi connectivity index (χ1v) is 13.1. The molecule has 7 nitrogen and oxygen atoms in total. The fourth-order valence-corrected chi connectivity index (χ4v) is 5.48. The van der Waals surface area contributed by atoms with Crippen molar-refractivity contribution in [1.82, 2.24) is 20.5 Å². The van der Waals surface area contributed by atoms with Crippen molar-refractivity contribution in [3.63, 3.8) is 0 Å². The Kier molecular flexibility index (Phi) is 10.3. The van der Waals surface area contributed by atoms with Gasteiger partial charge in [0.2, 0.25) is 0 Å². The SMILES string of the molecule is CNC[C@H](CC(C)C)NC(=O)N1CCC[C@@H]([C@@](O)(CCCCOC)c2cccc3cccnc23)C1. The topological polar surface area (TPSA) is 86.7 Å². The summed E-state index contributed by atoms with van der Waals surface area (Å²) in [5, 5.41) is 19.8. The van der Waals surface area contributed by atoms with Crippen LogP contribution in [0, 0.1) is 11.8 Å². The number of unbranched alkanes of at least 4 members (excludes halogenated alkanes) is 1. The monoisotopic (exact) mass is 484 g/mol. The van der Waals surface area contributed by atoms with Gasteiger partial charge in [0.1, 0.15) is 0 Å². The second kappa shape index (κ2) is 13.2. The molecular formula is C28H44N4O3. The van der Waals surface area contributed by atoms with E-state index in [1.807, 2.05) is 42.3 Å². The Morgan fingerprint density at radius 3 is 2.83 bits per heavy atom. The Hall–Kier alpha value is -2.22. The molecule has 35 heavy (non-hydrogen) atoms. The molecule has 194 valence electrons. The first kappa shape index (κ1) is 27.4. The number of likely N-dealkylation sites (tertiary alicyclic amines) is 1. The molecule has 3 rings (SSSR count). The van der Waals surface area contributed by atoms with Crippen LogP contribution in [0.4, 0.5) is 4.79 Å².